The van der Waals surface area contributed by atoms with Crippen LogP contribution in [0, 0.1) is 0 Å². The first-order chi connectivity index (χ1) is 8.30. The molecule has 0 aliphatic carbocycles. The molecule has 0 aromatic rings. The van der Waals surface area contributed by atoms with Crippen LogP contribution in [0.2, 0.25) is 0 Å². The van der Waals surface area contributed by atoms with Crippen molar-refractivity contribution < 1.29 is 0 Å². The van der Waals surface area contributed by atoms with Crippen LogP contribution < -0.4 is 0 Å². The van der Waals surface area contributed by atoms with E-state index in [1.807, 2.05) is 0 Å². The van der Waals surface area contributed by atoms with E-state index in [-0.39, 0.29) is 0 Å². The number of rotatable bonds is 8. The molecule has 0 radical (unpaired) electrons. The summed E-state index contributed by atoms with van der Waals surface area (Å²) in [6.07, 6.45) is 10.5. The van der Waals surface area contributed by atoms with Gasteiger partial charge in [0, 0.05) is 13.1 Å². The van der Waals surface area contributed by atoms with Gasteiger partial charge in [-0.25, -0.2) is 0 Å². The van der Waals surface area contributed by atoms with Gasteiger partial charge in [-0.05, 0) is 44.8 Å². The molecule has 1 rings (SSSR count). The molecule has 0 fully saturated rings. The van der Waals surface area contributed by atoms with Crippen LogP contribution in [-0.4, -0.2) is 42.5 Å². The van der Waals surface area contributed by atoms with E-state index in [9.17, 15) is 0 Å². The lowest BCUT2D eigenvalue weighted by molar-refractivity contribution is 0.277. The highest BCUT2D eigenvalue weighted by Crippen LogP contribution is 2.12. The van der Waals surface area contributed by atoms with Crippen LogP contribution in [0.5, 0.6) is 0 Å². The third-order valence-corrected chi connectivity index (χ3v) is 3.42. The molecule has 17 heavy (non-hydrogen) atoms. The maximum absolute atomic E-state index is 2.50. The first kappa shape index (κ1) is 14.3. The molecular weight excluding hydrogens is 208 g/mol. The van der Waals surface area contributed by atoms with Crippen LogP contribution in [0.25, 0.3) is 0 Å². The fourth-order valence-corrected chi connectivity index (χ4v) is 2.34. The quantitative estimate of drug-likeness (QED) is 0.638. The molecule has 0 spiro atoms. The Labute approximate surface area is 107 Å². The van der Waals surface area contributed by atoms with Crippen molar-refractivity contribution in [2.45, 2.75) is 40.0 Å². The van der Waals surface area contributed by atoms with Gasteiger partial charge in [-0.1, -0.05) is 38.8 Å². The molecule has 0 N–H and O–H groups in total. The number of nitrogens with zero attached hydrogens (tertiary/aromatic N) is 2. The van der Waals surface area contributed by atoms with Crippen molar-refractivity contribution in [1.82, 2.24) is 9.80 Å². The number of hydrogen-bond acceptors (Lipinski definition) is 2. The monoisotopic (exact) mass is 236 g/mol. The Balaban J connectivity index is 2.21. The standard InChI is InChI=1S/C15H28N2/c1-4-9-15-10-7-11-17(14-15)13-8-12-16(5-2)6-3/h7,10-11H,4-6,8-9,12-14H2,1-3H3. The van der Waals surface area contributed by atoms with Gasteiger partial charge in [0.1, 0.15) is 0 Å². The predicted octanol–water partition coefficient (Wildman–Crippen LogP) is 3.27. The molecule has 98 valence electrons. The summed E-state index contributed by atoms with van der Waals surface area (Å²) >= 11 is 0. The van der Waals surface area contributed by atoms with Crippen molar-refractivity contribution in [1.29, 1.82) is 0 Å². The van der Waals surface area contributed by atoms with Gasteiger partial charge in [0.05, 0.1) is 0 Å². The van der Waals surface area contributed by atoms with Gasteiger partial charge in [0.25, 0.3) is 0 Å². The topological polar surface area (TPSA) is 6.48 Å². The van der Waals surface area contributed by atoms with Crippen LogP contribution in [0.15, 0.2) is 23.9 Å². The minimum Gasteiger partial charge on any atom is -0.373 e. The number of hydrogen-bond donors (Lipinski definition) is 0. The van der Waals surface area contributed by atoms with Gasteiger partial charge in [-0.15, -0.1) is 0 Å². The minimum absolute atomic E-state index is 1.14. The van der Waals surface area contributed by atoms with E-state index in [1.165, 1.54) is 45.4 Å². The smallest absolute Gasteiger partial charge is 0.0386 e. The Morgan fingerprint density at radius 1 is 1.24 bits per heavy atom. The van der Waals surface area contributed by atoms with Crippen LogP contribution in [0.3, 0.4) is 0 Å². The molecule has 0 bridgehead atoms. The third kappa shape index (κ3) is 5.40. The SMILES string of the molecule is CCCC1=CC=CN(CCCN(CC)CC)C1. The predicted molar refractivity (Wildman–Crippen MR) is 76.1 cm³/mol. The van der Waals surface area contributed by atoms with Crippen molar-refractivity contribution in [2.24, 2.45) is 0 Å². The first-order valence-corrected chi connectivity index (χ1v) is 7.12. The summed E-state index contributed by atoms with van der Waals surface area (Å²) in [5, 5.41) is 0. The summed E-state index contributed by atoms with van der Waals surface area (Å²) in [7, 11) is 0. The largest absolute Gasteiger partial charge is 0.373 e. The second-order valence-electron chi connectivity index (χ2n) is 4.77. The van der Waals surface area contributed by atoms with Crippen LogP contribution in [0.1, 0.15) is 40.0 Å². The second-order valence-corrected chi connectivity index (χ2v) is 4.77. The summed E-state index contributed by atoms with van der Waals surface area (Å²) in [6, 6.07) is 0. The Bertz CT molecular complexity index is 252. The Hall–Kier alpha value is -0.760. The van der Waals surface area contributed by atoms with E-state index in [0.29, 0.717) is 0 Å². The molecule has 2 heteroatoms. The van der Waals surface area contributed by atoms with E-state index in [0.717, 1.165) is 6.54 Å². The average molecular weight is 236 g/mol. The minimum atomic E-state index is 1.14. The van der Waals surface area contributed by atoms with E-state index in [4.69, 9.17) is 0 Å². The lowest BCUT2D eigenvalue weighted by atomic mass is 10.1. The molecule has 0 aromatic heterocycles. The zero-order chi connectivity index (χ0) is 12.5. The highest BCUT2D eigenvalue weighted by molar-refractivity contribution is 5.18. The van der Waals surface area contributed by atoms with E-state index in [1.54, 1.807) is 5.57 Å². The summed E-state index contributed by atoms with van der Waals surface area (Å²) in [5.74, 6) is 0. The number of allylic oxidation sites excluding steroid dienone is 2. The Kier molecular flexibility index (Phi) is 7.02. The maximum atomic E-state index is 2.50. The van der Waals surface area contributed by atoms with Gasteiger partial charge in [0.15, 0.2) is 0 Å². The van der Waals surface area contributed by atoms with Crippen LogP contribution >= 0.6 is 0 Å². The van der Waals surface area contributed by atoms with Gasteiger partial charge in [-0.3, -0.25) is 0 Å². The molecule has 1 aliphatic heterocycles. The van der Waals surface area contributed by atoms with Crippen molar-refractivity contribution in [2.75, 3.05) is 32.7 Å². The average Bonchev–Trinajstić information content (AvgIpc) is 2.36. The van der Waals surface area contributed by atoms with Crippen molar-refractivity contribution >= 4 is 0 Å². The summed E-state index contributed by atoms with van der Waals surface area (Å²) in [5.41, 5.74) is 1.58. The molecule has 0 unspecified atom stereocenters. The fraction of sp³-hybridized carbons (Fsp3) is 0.733. The molecule has 1 aliphatic rings. The molecule has 0 saturated carbocycles. The lowest BCUT2D eigenvalue weighted by Crippen LogP contribution is -2.29. The highest BCUT2D eigenvalue weighted by Gasteiger charge is 2.07. The molecule has 0 saturated heterocycles. The van der Waals surface area contributed by atoms with Gasteiger partial charge in [0.2, 0.25) is 0 Å². The van der Waals surface area contributed by atoms with Crippen molar-refractivity contribution in [3.8, 4) is 0 Å². The maximum Gasteiger partial charge on any atom is 0.0386 e. The fourth-order valence-electron chi connectivity index (χ4n) is 2.34. The lowest BCUT2D eigenvalue weighted by Gasteiger charge is -2.26. The zero-order valence-electron chi connectivity index (χ0n) is 11.8. The van der Waals surface area contributed by atoms with Gasteiger partial charge >= 0.3 is 0 Å². The Morgan fingerprint density at radius 2 is 2.00 bits per heavy atom. The molecule has 0 aromatic carbocycles. The summed E-state index contributed by atoms with van der Waals surface area (Å²) in [4.78, 5) is 4.95. The second kappa shape index (κ2) is 8.35. The van der Waals surface area contributed by atoms with Crippen molar-refractivity contribution in [3.63, 3.8) is 0 Å². The van der Waals surface area contributed by atoms with E-state index >= 15 is 0 Å². The zero-order valence-corrected chi connectivity index (χ0v) is 11.8. The summed E-state index contributed by atoms with van der Waals surface area (Å²) < 4.78 is 0. The Morgan fingerprint density at radius 3 is 2.65 bits per heavy atom. The van der Waals surface area contributed by atoms with Crippen LogP contribution in [0.4, 0.5) is 0 Å². The summed E-state index contributed by atoms with van der Waals surface area (Å²) in [6.45, 7) is 12.6. The molecular formula is C15H28N2. The van der Waals surface area contributed by atoms with Crippen LogP contribution in [-0.2, 0) is 0 Å². The van der Waals surface area contributed by atoms with Gasteiger partial charge < -0.3 is 9.80 Å². The molecule has 1 heterocycles. The molecule has 0 amide bonds. The van der Waals surface area contributed by atoms with Crippen molar-refractivity contribution in [3.05, 3.63) is 23.9 Å². The molecule has 0 atom stereocenters. The first-order valence-electron chi connectivity index (χ1n) is 7.12. The molecule has 2 nitrogen and oxygen atoms in total. The van der Waals surface area contributed by atoms with Gasteiger partial charge in [-0.2, -0.15) is 0 Å². The van der Waals surface area contributed by atoms with E-state index < -0.39 is 0 Å². The third-order valence-electron chi connectivity index (χ3n) is 3.42. The normalized spacial score (nSPS) is 15.5. The highest BCUT2D eigenvalue weighted by atomic mass is 15.1. The van der Waals surface area contributed by atoms with E-state index in [2.05, 4.69) is 48.9 Å².